The Kier molecular flexibility index (Phi) is 8.14. The Morgan fingerprint density at radius 2 is 1.06 bits per heavy atom. The molecule has 0 aliphatic carbocycles. The normalized spacial score (nSPS) is 20.3. The van der Waals surface area contributed by atoms with Crippen LogP contribution in [0.25, 0.3) is 22.3 Å². The van der Waals surface area contributed by atoms with Gasteiger partial charge in [0.2, 0.25) is 0 Å². The van der Waals surface area contributed by atoms with Crippen LogP contribution >= 0.6 is 0 Å². The van der Waals surface area contributed by atoms with Gasteiger partial charge in [0.15, 0.2) is 0 Å². The number of H-pyrrole nitrogens is 2. The first-order chi connectivity index (χ1) is 24.9. The summed E-state index contributed by atoms with van der Waals surface area (Å²) in [4.78, 5) is 12.9. The van der Waals surface area contributed by atoms with E-state index in [4.69, 9.17) is 16.5 Å². The molecule has 2 aliphatic heterocycles. The van der Waals surface area contributed by atoms with Gasteiger partial charge in [-0.15, -0.1) is 0 Å². The highest BCUT2D eigenvalue weighted by molar-refractivity contribution is 6.30. The van der Waals surface area contributed by atoms with E-state index in [1.807, 2.05) is 36.4 Å². The quantitative estimate of drug-likeness (QED) is 0.143. The highest BCUT2D eigenvalue weighted by Gasteiger charge is 2.21. The summed E-state index contributed by atoms with van der Waals surface area (Å²) >= 11 is 0. The number of nitrogen functional groups attached to an aromatic ring is 2. The van der Waals surface area contributed by atoms with E-state index in [9.17, 15) is 0 Å². The second kappa shape index (κ2) is 13.2. The number of fused-ring (bicyclic) bond motifs is 5. The zero-order chi connectivity index (χ0) is 34.9. The first kappa shape index (κ1) is 31.4. The first-order valence-corrected chi connectivity index (χ1v) is 17.0. The van der Waals surface area contributed by atoms with Gasteiger partial charge in [-0.1, -0.05) is 116 Å². The summed E-state index contributed by atoms with van der Waals surface area (Å²) < 4.78 is 0. The lowest BCUT2D eigenvalue weighted by Crippen LogP contribution is -2.19. The van der Waals surface area contributed by atoms with Gasteiger partial charge >= 0.3 is 0 Å². The average Bonchev–Trinajstić information content (AvgIpc) is 3.94. The third-order valence-corrected chi connectivity index (χ3v) is 9.41. The molecule has 5 heteroatoms. The highest BCUT2D eigenvalue weighted by Crippen LogP contribution is 2.36. The van der Waals surface area contributed by atoms with E-state index >= 15 is 0 Å². The zero-order valence-corrected chi connectivity index (χ0v) is 28.3. The summed E-state index contributed by atoms with van der Waals surface area (Å²) in [7, 11) is 0. The lowest BCUT2D eigenvalue weighted by atomic mass is 9.95. The third kappa shape index (κ3) is 6.02. The van der Waals surface area contributed by atoms with Gasteiger partial charge in [0.05, 0.1) is 22.8 Å². The molecule has 6 bridgehead atoms. The van der Waals surface area contributed by atoms with Gasteiger partial charge in [-0.05, 0) is 88.9 Å². The number of hydrogen-bond acceptors (Lipinski definition) is 3. The Morgan fingerprint density at radius 1 is 0.490 bits per heavy atom. The van der Waals surface area contributed by atoms with E-state index in [0.717, 1.165) is 89.2 Å². The van der Waals surface area contributed by atoms with Gasteiger partial charge < -0.3 is 21.4 Å². The van der Waals surface area contributed by atoms with E-state index in [1.165, 1.54) is 0 Å². The predicted octanol–water partition coefficient (Wildman–Crippen LogP) is 8.32. The van der Waals surface area contributed by atoms with E-state index in [0.29, 0.717) is 11.4 Å². The van der Waals surface area contributed by atoms with Gasteiger partial charge in [0.1, 0.15) is 0 Å². The fourth-order valence-electron chi connectivity index (χ4n) is 6.94. The van der Waals surface area contributed by atoms with Crippen LogP contribution in [0, 0.1) is 0 Å². The van der Waals surface area contributed by atoms with Crippen molar-refractivity contribution in [2.24, 2.45) is 4.99 Å². The van der Waals surface area contributed by atoms with Crippen molar-refractivity contribution in [3.8, 4) is 0 Å². The van der Waals surface area contributed by atoms with Crippen LogP contribution in [0.5, 0.6) is 0 Å². The second-order valence-corrected chi connectivity index (χ2v) is 12.8. The molecule has 0 amide bonds. The Balaban J connectivity index is 1.47. The average molecular weight is 660 g/mol. The molecule has 4 aromatic carbocycles. The Bertz CT molecular complexity index is 2590. The molecule has 0 unspecified atom stereocenters. The van der Waals surface area contributed by atoms with Gasteiger partial charge in [-0.25, -0.2) is 4.99 Å². The van der Waals surface area contributed by atoms with Crippen molar-refractivity contribution in [1.29, 1.82) is 0 Å². The summed E-state index contributed by atoms with van der Waals surface area (Å²) in [6.07, 6.45) is 8.45. The minimum Gasteiger partial charge on any atom is -0.397 e. The van der Waals surface area contributed by atoms with Crippen molar-refractivity contribution in [3.05, 3.63) is 226 Å². The maximum absolute atomic E-state index is 6.39. The summed E-state index contributed by atoms with van der Waals surface area (Å²) in [5.74, 6) is 0. The smallest absolute Gasteiger partial charge is 0.0737 e. The van der Waals surface area contributed by atoms with Crippen molar-refractivity contribution in [3.63, 3.8) is 0 Å². The Labute approximate surface area is 297 Å². The number of rotatable bonds is 4. The number of nitrogens with zero attached hydrogens (tertiary/aromatic N) is 1. The van der Waals surface area contributed by atoms with Crippen LogP contribution in [0.2, 0.25) is 0 Å². The minimum atomic E-state index is 0.522. The second-order valence-electron chi connectivity index (χ2n) is 12.8. The largest absolute Gasteiger partial charge is 0.397 e. The van der Waals surface area contributed by atoms with Gasteiger partial charge in [0, 0.05) is 44.4 Å². The van der Waals surface area contributed by atoms with E-state index < -0.39 is 0 Å². The molecule has 6 N–H and O–H groups in total. The predicted molar refractivity (Wildman–Crippen MR) is 213 cm³/mol. The molecule has 0 fully saturated rings. The topological polar surface area (TPSA) is 96.0 Å². The summed E-state index contributed by atoms with van der Waals surface area (Å²) in [6.45, 7) is 6.75. The number of aromatic nitrogens is 2. The molecule has 246 valence electrons. The van der Waals surface area contributed by atoms with Crippen LogP contribution in [0.1, 0.15) is 40.6 Å². The number of nitrogens with two attached hydrogens (primary N) is 2. The fraction of sp³-hybridized carbons (Fsp3) is 0.0217. The Morgan fingerprint density at radius 3 is 1.69 bits per heavy atom. The fourth-order valence-corrected chi connectivity index (χ4v) is 6.94. The minimum absolute atomic E-state index is 0.522. The molecule has 0 saturated heterocycles. The SMILES string of the molecule is C=C1/C=C\C(C)=C(/c2ccccc2)c2ccc([nH]2)/C(c2ccc(N)c(N)c2)=C2/C=CC(=N2)/C(c2ccccc2)=c2/cc/c([nH]2)=C/1c1ccccc1. The van der Waals surface area contributed by atoms with Gasteiger partial charge in [-0.3, -0.25) is 0 Å². The highest BCUT2D eigenvalue weighted by atomic mass is 14.8. The van der Waals surface area contributed by atoms with Gasteiger partial charge in [-0.2, -0.15) is 0 Å². The van der Waals surface area contributed by atoms with Crippen molar-refractivity contribution < 1.29 is 0 Å². The molecular weight excluding hydrogens is 623 g/mol. The Hall–Kier alpha value is -6.85. The van der Waals surface area contributed by atoms with Crippen molar-refractivity contribution in [1.82, 2.24) is 9.97 Å². The number of anilines is 2. The first-order valence-electron chi connectivity index (χ1n) is 17.0. The number of hydrogen-bond donors (Lipinski definition) is 4. The maximum atomic E-state index is 6.39. The van der Waals surface area contributed by atoms with Crippen LogP contribution < -0.4 is 22.2 Å². The monoisotopic (exact) mass is 659 g/mol. The molecule has 51 heavy (non-hydrogen) atoms. The lowest BCUT2D eigenvalue weighted by Gasteiger charge is -2.13. The van der Waals surface area contributed by atoms with Crippen molar-refractivity contribution in [2.45, 2.75) is 6.92 Å². The molecule has 8 rings (SSSR count). The molecule has 0 radical (unpaired) electrons. The van der Waals surface area contributed by atoms with Crippen LogP contribution in [-0.2, 0) is 0 Å². The molecule has 0 spiro atoms. The van der Waals surface area contributed by atoms with Crippen molar-refractivity contribution >= 4 is 39.4 Å². The number of nitrogens with one attached hydrogen (secondary N) is 2. The number of aliphatic imine (C=N–C) groups is 1. The zero-order valence-electron chi connectivity index (χ0n) is 28.3. The number of benzene rings is 4. The van der Waals surface area contributed by atoms with Gasteiger partial charge in [0.25, 0.3) is 0 Å². The van der Waals surface area contributed by atoms with E-state index in [2.05, 4.69) is 145 Å². The molecule has 6 aromatic rings. The van der Waals surface area contributed by atoms with Crippen LogP contribution in [0.3, 0.4) is 0 Å². The van der Waals surface area contributed by atoms with E-state index in [-0.39, 0.29) is 0 Å². The standard InChI is InChI=1S/C46H37N5/c1-29-18-19-30(2)44(32-14-8-4-9-15-32)38-23-25-41(50-38)46(34-20-21-35(47)36(48)28-34)42-27-26-40(51-42)45(33-16-10-5-11-17-33)39-24-22-37(49-39)43(29)31-12-6-3-7-13-31/h3-28,49-50H,1,47-48H2,2H3/b19-18-,43-37+,44-30+,45-39-,46-42-. The molecule has 5 nitrogen and oxygen atoms in total. The summed E-state index contributed by atoms with van der Waals surface area (Å²) in [5.41, 5.74) is 27.4. The molecular formula is C46H37N5. The summed E-state index contributed by atoms with van der Waals surface area (Å²) in [6, 6.07) is 45.6. The lowest BCUT2D eigenvalue weighted by molar-refractivity contribution is 1.24. The van der Waals surface area contributed by atoms with Crippen LogP contribution in [0.15, 0.2) is 186 Å². The van der Waals surface area contributed by atoms with Crippen molar-refractivity contribution in [2.75, 3.05) is 11.5 Å². The van der Waals surface area contributed by atoms with Crippen LogP contribution in [0.4, 0.5) is 11.4 Å². The van der Waals surface area contributed by atoms with Crippen LogP contribution in [-0.4, -0.2) is 15.7 Å². The van der Waals surface area contributed by atoms with E-state index in [1.54, 1.807) is 0 Å². The maximum Gasteiger partial charge on any atom is 0.0737 e. The third-order valence-electron chi connectivity index (χ3n) is 9.41. The molecule has 4 heterocycles. The summed E-state index contributed by atoms with van der Waals surface area (Å²) in [5, 5.41) is 1.93. The number of aromatic amines is 2. The molecule has 2 aromatic heterocycles. The molecule has 0 atom stereocenters. The number of allylic oxidation sites excluding steroid dienone is 6. The molecule has 0 saturated carbocycles. The molecule has 2 aliphatic rings.